The smallest absolute Gasteiger partial charge is 0.354 e. The van der Waals surface area contributed by atoms with E-state index in [1.165, 1.54) is 12.5 Å². The van der Waals surface area contributed by atoms with Gasteiger partial charge in [0.2, 0.25) is 0 Å². The number of carboxylic acids is 1. The van der Waals surface area contributed by atoms with Crippen LogP contribution < -0.4 is 5.32 Å². The summed E-state index contributed by atoms with van der Waals surface area (Å²) >= 11 is 1.90. The van der Waals surface area contributed by atoms with Gasteiger partial charge in [-0.1, -0.05) is 6.07 Å². The summed E-state index contributed by atoms with van der Waals surface area (Å²) in [4.78, 5) is 14.9. The molecule has 92 valence electrons. The number of anilines is 1. The van der Waals surface area contributed by atoms with Gasteiger partial charge in [0.05, 0.1) is 0 Å². The number of hydrogen-bond donors (Lipinski definition) is 2. The zero-order valence-electron chi connectivity index (χ0n) is 9.72. The molecule has 0 bridgehead atoms. The van der Waals surface area contributed by atoms with Crippen molar-refractivity contribution in [3.8, 4) is 0 Å². The molecule has 2 rings (SSSR count). The SMILES string of the molecule is CSC1CCC(Nc2cccc(C(=O)O)n2)C1. The van der Waals surface area contributed by atoms with Crippen LogP contribution in [0.25, 0.3) is 0 Å². The molecule has 1 saturated carbocycles. The largest absolute Gasteiger partial charge is 0.477 e. The third-order valence-electron chi connectivity index (χ3n) is 3.04. The Hall–Kier alpha value is -1.23. The first-order valence-corrected chi connectivity index (χ1v) is 6.97. The lowest BCUT2D eigenvalue weighted by atomic mass is 10.2. The molecule has 1 aliphatic carbocycles. The van der Waals surface area contributed by atoms with Gasteiger partial charge in [0.1, 0.15) is 5.82 Å². The van der Waals surface area contributed by atoms with Crippen LogP contribution in [0.1, 0.15) is 29.8 Å². The summed E-state index contributed by atoms with van der Waals surface area (Å²) in [5, 5.41) is 12.9. The van der Waals surface area contributed by atoms with E-state index in [0.717, 1.165) is 18.1 Å². The highest BCUT2D eigenvalue weighted by Gasteiger charge is 2.24. The third-order valence-corrected chi connectivity index (χ3v) is 4.13. The molecule has 1 aliphatic rings. The molecule has 1 aromatic rings. The van der Waals surface area contributed by atoms with Gasteiger partial charge in [-0.2, -0.15) is 11.8 Å². The second-order valence-corrected chi connectivity index (χ2v) is 5.36. The summed E-state index contributed by atoms with van der Waals surface area (Å²) in [6.07, 6.45) is 5.61. The molecule has 2 N–H and O–H groups in total. The Morgan fingerprint density at radius 3 is 3.00 bits per heavy atom. The molecule has 0 aliphatic heterocycles. The number of hydrogen-bond acceptors (Lipinski definition) is 4. The van der Waals surface area contributed by atoms with Crippen LogP contribution >= 0.6 is 11.8 Å². The zero-order valence-corrected chi connectivity index (χ0v) is 10.5. The second-order valence-electron chi connectivity index (χ2n) is 4.23. The summed E-state index contributed by atoms with van der Waals surface area (Å²) in [5.74, 6) is -0.321. The van der Waals surface area contributed by atoms with E-state index in [-0.39, 0.29) is 5.69 Å². The first-order valence-electron chi connectivity index (χ1n) is 5.68. The van der Waals surface area contributed by atoms with Crippen molar-refractivity contribution in [3.05, 3.63) is 23.9 Å². The van der Waals surface area contributed by atoms with Crippen LogP contribution in [0.4, 0.5) is 5.82 Å². The lowest BCUT2D eigenvalue weighted by molar-refractivity contribution is 0.0690. The Morgan fingerprint density at radius 2 is 2.35 bits per heavy atom. The molecule has 4 nitrogen and oxygen atoms in total. The summed E-state index contributed by atoms with van der Waals surface area (Å²) < 4.78 is 0. The monoisotopic (exact) mass is 252 g/mol. The number of carbonyl (C=O) groups is 1. The topological polar surface area (TPSA) is 62.2 Å². The molecule has 1 aromatic heterocycles. The fourth-order valence-corrected chi connectivity index (χ4v) is 2.93. The molecule has 1 heterocycles. The van der Waals surface area contributed by atoms with Crippen LogP contribution in [0.15, 0.2) is 18.2 Å². The van der Waals surface area contributed by atoms with Crippen LogP contribution in [0.5, 0.6) is 0 Å². The molecule has 5 heteroatoms. The molecule has 2 atom stereocenters. The summed E-state index contributed by atoms with van der Waals surface area (Å²) in [7, 11) is 0. The molecule has 0 aromatic carbocycles. The van der Waals surface area contributed by atoms with Gasteiger partial charge in [-0.05, 0) is 37.7 Å². The van der Waals surface area contributed by atoms with Gasteiger partial charge in [-0.25, -0.2) is 9.78 Å². The number of pyridine rings is 1. The quantitative estimate of drug-likeness (QED) is 0.862. The third kappa shape index (κ3) is 3.12. The van der Waals surface area contributed by atoms with E-state index >= 15 is 0 Å². The molecule has 0 spiro atoms. The van der Waals surface area contributed by atoms with Gasteiger partial charge >= 0.3 is 5.97 Å². The van der Waals surface area contributed by atoms with E-state index in [1.807, 2.05) is 17.8 Å². The lowest BCUT2D eigenvalue weighted by Crippen LogP contribution is -2.17. The van der Waals surface area contributed by atoms with E-state index in [4.69, 9.17) is 5.11 Å². The molecule has 0 saturated heterocycles. The van der Waals surface area contributed by atoms with Crippen molar-refractivity contribution in [2.45, 2.75) is 30.6 Å². The number of nitrogens with zero attached hydrogens (tertiary/aromatic N) is 1. The number of aromatic nitrogens is 1. The fourth-order valence-electron chi connectivity index (χ4n) is 2.13. The maximum absolute atomic E-state index is 10.8. The van der Waals surface area contributed by atoms with E-state index in [1.54, 1.807) is 6.07 Å². The van der Waals surface area contributed by atoms with Crippen LogP contribution in [0.2, 0.25) is 0 Å². The van der Waals surface area contributed by atoms with Crippen molar-refractivity contribution in [1.82, 2.24) is 4.98 Å². The molecule has 17 heavy (non-hydrogen) atoms. The van der Waals surface area contributed by atoms with Crippen LogP contribution in [0.3, 0.4) is 0 Å². The number of nitrogens with one attached hydrogen (secondary N) is 1. The summed E-state index contributed by atoms with van der Waals surface area (Å²) in [6, 6.07) is 5.47. The number of rotatable bonds is 4. The first-order chi connectivity index (χ1) is 8.19. The van der Waals surface area contributed by atoms with Gasteiger partial charge in [-0.15, -0.1) is 0 Å². The molecule has 1 fully saturated rings. The normalized spacial score (nSPS) is 23.6. The van der Waals surface area contributed by atoms with Crippen LogP contribution in [-0.2, 0) is 0 Å². The molecule has 0 radical (unpaired) electrons. The minimum Gasteiger partial charge on any atom is -0.477 e. The average Bonchev–Trinajstić information content (AvgIpc) is 2.77. The predicted molar refractivity (Wildman–Crippen MR) is 69.8 cm³/mol. The summed E-state index contributed by atoms with van der Waals surface area (Å²) in [6.45, 7) is 0. The number of aromatic carboxylic acids is 1. The Labute approximate surface area is 105 Å². The second kappa shape index (κ2) is 5.40. The summed E-state index contributed by atoms with van der Waals surface area (Å²) in [5.41, 5.74) is 0.0920. The van der Waals surface area contributed by atoms with E-state index in [2.05, 4.69) is 16.6 Å². The van der Waals surface area contributed by atoms with E-state index in [9.17, 15) is 4.79 Å². The van der Waals surface area contributed by atoms with Crippen molar-refractivity contribution in [2.75, 3.05) is 11.6 Å². The van der Waals surface area contributed by atoms with Crippen molar-refractivity contribution in [3.63, 3.8) is 0 Å². The predicted octanol–water partition coefficient (Wildman–Crippen LogP) is 2.48. The van der Waals surface area contributed by atoms with Crippen LogP contribution in [0, 0.1) is 0 Å². The van der Waals surface area contributed by atoms with E-state index < -0.39 is 5.97 Å². The van der Waals surface area contributed by atoms with E-state index in [0.29, 0.717) is 11.9 Å². The number of thioether (sulfide) groups is 1. The first kappa shape index (κ1) is 12.2. The molecule has 0 amide bonds. The Balaban J connectivity index is 1.99. The Kier molecular flexibility index (Phi) is 3.89. The standard InChI is InChI=1S/C12H16N2O2S/c1-17-9-6-5-8(7-9)13-11-4-2-3-10(14-11)12(15)16/h2-4,8-9H,5-7H2,1H3,(H,13,14)(H,15,16). The van der Waals surface area contributed by atoms with Gasteiger partial charge in [0, 0.05) is 11.3 Å². The molecule has 2 unspecified atom stereocenters. The van der Waals surface area contributed by atoms with Gasteiger partial charge in [0.25, 0.3) is 0 Å². The zero-order chi connectivity index (χ0) is 12.3. The van der Waals surface area contributed by atoms with Crippen LogP contribution in [-0.4, -0.2) is 33.6 Å². The van der Waals surface area contributed by atoms with Crippen molar-refractivity contribution in [2.24, 2.45) is 0 Å². The van der Waals surface area contributed by atoms with Crippen molar-refractivity contribution >= 4 is 23.5 Å². The number of carboxylic acid groups (broad SMARTS) is 1. The Bertz CT molecular complexity index is 411. The molecular formula is C12H16N2O2S. The van der Waals surface area contributed by atoms with Gasteiger partial charge < -0.3 is 10.4 Å². The lowest BCUT2D eigenvalue weighted by Gasteiger charge is -2.13. The highest BCUT2D eigenvalue weighted by atomic mass is 32.2. The minimum atomic E-state index is -0.984. The average molecular weight is 252 g/mol. The van der Waals surface area contributed by atoms with Crippen molar-refractivity contribution < 1.29 is 9.90 Å². The van der Waals surface area contributed by atoms with Crippen molar-refractivity contribution in [1.29, 1.82) is 0 Å². The van der Waals surface area contributed by atoms with Gasteiger partial charge in [0.15, 0.2) is 5.69 Å². The maximum atomic E-state index is 10.8. The maximum Gasteiger partial charge on any atom is 0.354 e. The highest BCUT2D eigenvalue weighted by Crippen LogP contribution is 2.29. The highest BCUT2D eigenvalue weighted by molar-refractivity contribution is 7.99. The molecular weight excluding hydrogens is 236 g/mol. The minimum absolute atomic E-state index is 0.0920. The van der Waals surface area contributed by atoms with Gasteiger partial charge in [-0.3, -0.25) is 0 Å². The fraction of sp³-hybridized carbons (Fsp3) is 0.500. The Morgan fingerprint density at radius 1 is 1.53 bits per heavy atom.